The largest absolute Gasteiger partial charge is 0.465 e. The number of carboxylic acid groups (broad SMARTS) is 1. The molecule has 1 atom stereocenters. The second-order valence-electron chi connectivity index (χ2n) is 4.79. The highest BCUT2D eigenvalue weighted by Crippen LogP contribution is 2.24. The summed E-state index contributed by atoms with van der Waals surface area (Å²) in [6.45, 7) is 0.370. The zero-order valence-electron chi connectivity index (χ0n) is 11.3. The van der Waals surface area contributed by atoms with Crippen LogP contribution >= 0.6 is 0 Å². The van der Waals surface area contributed by atoms with Gasteiger partial charge in [0.15, 0.2) is 0 Å². The number of amides is 1. The second kappa shape index (κ2) is 5.80. The van der Waals surface area contributed by atoms with Gasteiger partial charge in [0.1, 0.15) is 6.17 Å². The van der Waals surface area contributed by atoms with Gasteiger partial charge < -0.3 is 5.11 Å². The molecule has 0 aliphatic carbocycles. The van der Waals surface area contributed by atoms with Gasteiger partial charge >= 0.3 is 6.09 Å². The maximum absolute atomic E-state index is 12.5. The number of benzene rings is 1. The smallest absolute Gasteiger partial charge is 0.408 e. The van der Waals surface area contributed by atoms with Crippen LogP contribution in [0.3, 0.4) is 0 Å². The minimum atomic E-state index is -3.68. The van der Waals surface area contributed by atoms with Crippen molar-refractivity contribution in [1.29, 1.82) is 0 Å². The lowest BCUT2D eigenvalue weighted by molar-refractivity contribution is 0.0678. The summed E-state index contributed by atoms with van der Waals surface area (Å²) in [6, 6.07) is 8.07. The molecule has 1 aliphatic heterocycles. The third kappa shape index (κ3) is 2.78. The van der Waals surface area contributed by atoms with E-state index in [-0.39, 0.29) is 4.90 Å². The van der Waals surface area contributed by atoms with Gasteiger partial charge in [-0.05, 0) is 31.4 Å². The zero-order valence-corrected chi connectivity index (χ0v) is 12.1. The molecule has 1 heterocycles. The minimum Gasteiger partial charge on any atom is -0.465 e. The number of carbonyl (C=O) groups is 1. The Morgan fingerprint density at radius 2 is 1.95 bits per heavy atom. The van der Waals surface area contributed by atoms with Crippen molar-refractivity contribution >= 4 is 16.1 Å². The predicted molar refractivity (Wildman–Crippen MR) is 73.8 cm³/mol. The molecule has 1 unspecified atom stereocenters. The van der Waals surface area contributed by atoms with Crippen molar-refractivity contribution in [1.82, 2.24) is 9.21 Å². The van der Waals surface area contributed by atoms with Crippen LogP contribution in [0.4, 0.5) is 4.79 Å². The molecule has 1 aromatic carbocycles. The van der Waals surface area contributed by atoms with Gasteiger partial charge in [-0.2, -0.15) is 4.31 Å². The molecule has 1 amide bonds. The predicted octanol–water partition coefficient (Wildman–Crippen LogP) is 1.80. The molecule has 1 N–H and O–H groups in total. The van der Waals surface area contributed by atoms with E-state index in [1.54, 1.807) is 18.2 Å². The number of rotatable bonds is 3. The highest BCUT2D eigenvalue weighted by Gasteiger charge is 2.35. The van der Waals surface area contributed by atoms with Crippen LogP contribution in [0.15, 0.2) is 35.2 Å². The Kier molecular flexibility index (Phi) is 4.29. The fraction of sp³-hybridized carbons (Fsp3) is 0.462. The van der Waals surface area contributed by atoms with Crippen molar-refractivity contribution in [2.24, 2.45) is 0 Å². The maximum atomic E-state index is 12.5. The lowest BCUT2D eigenvalue weighted by Gasteiger charge is -2.38. The van der Waals surface area contributed by atoms with Gasteiger partial charge in [0.05, 0.1) is 4.90 Å². The highest BCUT2D eigenvalue weighted by atomic mass is 32.2. The highest BCUT2D eigenvalue weighted by molar-refractivity contribution is 7.89. The van der Waals surface area contributed by atoms with Crippen LogP contribution in [0.25, 0.3) is 0 Å². The second-order valence-corrected chi connectivity index (χ2v) is 6.78. The van der Waals surface area contributed by atoms with Crippen LogP contribution in [-0.2, 0) is 10.0 Å². The van der Waals surface area contributed by atoms with Crippen LogP contribution < -0.4 is 0 Å². The van der Waals surface area contributed by atoms with E-state index in [9.17, 15) is 18.3 Å². The molecule has 0 bridgehead atoms. The Bertz CT molecular complexity index is 573. The minimum absolute atomic E-state index is 0.179. The molecule has 0 spiro atoms. The first kappa shape index (κ1) is 14.8. The van der Waals surface area contributed by atoms with E-state index < -0.39 is 22.3 Å². The first-order chi connectivity index (χ1) is 9.44. The summed E-state index contributed by atoms with van der Waals surface area (Å²) in [7, 11) is -2.24. The normalized spacial score (nSPS) is 20.1. The van der Waals surface area contributed by atoms with Crippen molar-refractivity contribution in [2.75, 3.05) is 13.6 Å². The molecule has 110 valence electrons. The monoisotopic (exact) mass is 298 g/mol. The molecule has 1 aromatic rings. The number of nitrogens with zero attached hydrogens (tertiary/aromatic N) is 2. The molecule has 0 radical (unpaired) electrons. The number of piperidine rings is 1. The van der Waals surface area contributed by atoms with Crippen LogP contribution in [0.5, 0.6) is 0 Å². The number of hydrogen-bond donors (Lipinski definition) is 1. The lowest BCUT2D eigenvalue weighted by atomic mass is 10.1. The first-order valence-electron chi connectivity index (χ1n) is 6.47. The van der Waals surface area contributed by atoms with Gasteiger partial charge in [-0.3, -0.25) is 4.90 Å². The van der Waals surface area contributed by atoms with Crippen molar-refractivity contribution in [3.05, 3.63) is 30.3 Å². The third-order valence-corrected chi connectivity index (χ3v) is 5.43. The van der Waals surface area contributed by atoms with Crippen LogP contribution in [0, 0.1) is 0 Å². The van der Waals surface area contributed by atoms with Crippen molar-refractivity contribution in [2.45, 2.75) is 30.3 Å². The zero-order chi connectivity index (χ0) is 14.8. The Labute approximate surface area is 118 Å². The van der Waals surface area contributed by atoms with Crippen molar-refractivity contribution in [3.8, 4) is 0 Å². The molecule has 1 aliphatic rings. The van der Waals surface area contributed by atoms with Gasteiger partial charge in [-0.15, -0.1) is 0 Å². The molecular formula is C13H18N2O4S. The Morgan fingerprint density at radius 3 is 2.55 bits per heavy atom. The quantitative estimate of drug-likeness (QED) is 0.923. The molecule has 1 fully saturated rings. The Hall–Kier alpha value is -1.60. The molecule has 7 heteroatoms. The summed E-state index contributed by atoms with van der Waals surface area (Å²) < 4.78 is 26.2. The lowest BCUT2D eigenvalue weighted by Crippen LogP contribution is -2.53. The average molecular weight is 298 g/mol. The summed E-state index contributed by atoms with van der Waals surface area (Å²) in [4.78, 5) is 12.6. The van der Waals surface area contributed by atoms with E-state index in [1.165, 1.54) is 24.1 Å². The molecular weight excluding hydrogens is 280 g/mol. The van der Waals surface area contributed by atoms with Crippen molar-refractivity contribution in [3.63, 3.8) is 0 Å². The molecule has 0 saturated carbocycles. The van der Waals surface area contributed by atoms with Gasteiger partial charge in [-0.1, -0.05) is 18.2 Å². The van der Waals surface area contributed by atoms with Crippen molar-refractivity contribution < 1.29 is 18.3 Å². The van der Waals surface area contributed by atoms with E-state index in [2.05, 4.69) is 0 Å². The SMILES string of the molecule is CN(C1CCCCN1C(=O)O)S(=O)(=O)c1ccccc1. The van der Waals surface area contributed by atoms with E-state index in [0.29, 0.717) is 13.0 Å². The number of sulfonamides is 1. The fourth-order valence-electron chi connectivity index (χ4n) is 2.43. The third-order valence-electron chi connectivity index (χ3n) is 3.56. The fourth-order valence-corrected chi connectivity index (χ4v) is 3.81. The topological polar surface area (TPSA) is 77.9 Å². The summed E-state index contributed by atoms with van der Waals surface area (Å²) in [5, 5.41) is 9.20. The Morgan fingerprint density at radius 1 is 1.30 bits per heavy atom. The first-order valence-corrected chi connectivity index (χ1v) is 7.91. The maximum Gasteiger partial charge on any atom is 0.408 e. The van der Waals surface area contributed by atoms with Gasteiger partial charge in [0, 0.05) is 13.6 Å². The van der Waals surface area contributed by atoms with Gasteiger partial charge in [0.25, 0.3) is 0 Å². The summed E-state index contributed by atoms with van der Waals surface area (Å²) >= 11 is 0. The van der Waals surface area contributed by atoms with E-state index in [4.69, 9.17) is 0 Å². The van der Waals surface area contributed by atoms with Crippen LogP contribution in [0.2, 0.25) is 0 Å². The van der Waals surface area contributed by atoms with Gasteiger partial charge in [0.2, 0.25) is 10.0 Å². The van der Waals surface area contributed by atoms with Crippen LogP contribution in [0.1, 0.15) is 19.3 Å². The van der Waals surface area contributed by atoms with E-state index in [1.807, 2.05) is 0 Å². The summed E-state index contributed by atoms with van der Waals surface area (Å²) in [5.74, 6) is 0. The van der Waals surface area contributed by atoms with E-state index >= 15 is 0 Å². The molecule has 0 aromatic heterocycles. The number of hydrogen-bond acceptors (Lipinski definition) is 3. The molecule has 2 rings (SSSR count). The van der Waals surface area contributed by atoms with E-state index in [0.717, 1.165) is 17.1 Å². The molecule has 6 nitrogen and oxygen atoms in total. The Balaban J connectivity index is 2.29. The average Bonchev–Trinajstić information content (AvgIpc) is 2.47. The molecule has 20 heavy (non-hydrogen) atoms. The van der Waals surface area contributed by atoms with Crippen LogP contribution in [-0.4, -0.2) is 48.6 Å². The molecule has 1 saturated heterocycles. The van der Waals surface area contributed by atoms with Gasteiger partial charge in [-0.25, -0.2) is 13.2 Å². The number of likely N-dealkylation sites (tertiary alicyclic amines) is 1. The summed E-state index contributed by atoms with van der Waals surface area (Å²) in [5.41, 5.74) is 0. The standard InChI is InChI=1S/C13H18N2O4S/c1-14(12-9-5-6-10-15(12)13(16)17)20(18,19)11-7-3-2-4-8-11/h2-4,7-8,12H,5-6,9-10H2,1H3,(H,16,17). The summed E-state index contributed by atoms with van der Waals surface area (Å²) in [6.07, 6.45) is 0.399.